The van der Waals surface area contributed by atoms with Crippen LogP contribution in [0.2, 0.25) is 0 Å². The van der Waals surface area contributed by atoms with Crippen LogP contribution in [0.5, 0.6) is 0 Å². The van der Waals surface area contributed by atoms with Crippen LogP contribution in [0, 0.1) is 11.8 Å². The van der Waals surface area contributed by atoms with Gasteiger partial charge in [0, 0.05) is 17.2 Å². The minimum atomic E-state index is -0.996. The predicted molar refractivity (Wildman–Crippen MR) is 74.3 cm³/mol. The van der Waals surface area contributed by atoms with Gasteiger partial charge in [-0.3, -0.25) is 9.59 Å². The number of rotatable bonds is 5. The second-order valence-corrected chi connectivity index (χ2v) is 4.73. The van der Waals surface area contributed by atoms with Crippen molar-refractivity contribution in [1.29, 1.82) is 0 Å². The number of aliphatic carboxylic acids is 1. The van der Waals surface area contributed by atoms with E-state index in [1.54, 1.807) is 31.2 Å². The average Bonchev–Trinajstić information content (AvgIpc) is 3.00. The van der Waals surface area contributed by atoms with E-state index in [-0.39, 0.29) is 5.91 Å². The Labute approximate surface area is 121 Å². The van der Waals surface area contributed by atoms with E-state index in [1.165, 1.54) is 13.3 Å². The first-order valence-corrected chi connectivity index (χ1v) is 6.39. The molecule has 7 nitrogen and oxygen atoms in total. The first-order chi connectivity index (χ1) is 9.99. The third-order valence-corrected chi connectivity index (χ3v) is 3.31. The first kappa shape index (κ1) is 14.7. The molecule has 0 bridgehead atoms. The van der Waals surface area contributed by atoms with Gasteiger partial charge in [-0.25, -0.2) is 0 Å². The molecule has 1 heterocycles. The molecule has 2 rings (SSSR count). The number of anilines is 1. The zero-order valence-electron chi connectivity index (χ0n) is 11.6. The standard InChI is InChI=1S/C14H15N3O4/c1-8(9(2)14(19)20)12(18)16-11-5-3-10(4-6-11)13-17-15-7-21-13/h3-9H,1-2H3,(H,16,18)(H,19,20). The van der Waals surface area contributed by atoms with Gasteiger partial charge in [-0.2, -0.15) is 0 Å². The van der Waals surface area contributed by atoms with Gasteiger partial charge in [0.25, 0.3) is 0 Å². The van der Waals surface area contributed by atoms with Crippen LogP contribution in [0.1, 0.15) is 13.8 Å². The summed E-state index contributed by atoms with van der Waals surface area (Å²) in [4.78, 5) is 22.8. The molecule has 0 radical (unpaired) electrons. The quantitative estimate of drug-likeness (QED) is 0.872. The van der Waals surface area contributed by atoms with Crippen molar-refractivity contribution in [1.82, 2.24) is 10.2 Å². The third-order valence-electron chi connectivity index (χ3n) is 3.31. The number of aromatic nitrogens is 2. The molecule has 1 aromatic heterocycles. The maximum Gasteiger partial charge on any atom is 0.307 e. The Morgan fingerprint density at radius 1 is 1.19 bits per heavy atom. The molecule has 1 amide bonds. The summed E-state index contributed by atoms with van der Waals surface area (Å²) in [7, 11) is 0. The van der Waals surface area contributed by atoms with Crippen molar-refractivity contribution in [3.63, 3.8) is 0 Å². The highest BCUT2D eigenvalue weighted by Gasteiger charge is 2.25. The van der Waals surface area contributed by atoms with E-state index in [1.807, 2.05) is 0 Å². The molecular formula is C14H15N3O4. The van der Waals surface area contributed by atoms with Gasteiger partial charge in [-0.1, -0.05) is 13.8 Å². The third kappa shape index (κ3) is 3.44. The Hall–Kier alpha value is -2.70. The average molecular weight is 289 g/mol. The Morgan fingerprint density at radius 2 is 1.86 bits per heavy atom. The number of nitrogens with zero attached hydrogens (tertiary/aromatic N) is 2. The summed E-state index contributed by atoms with van der Waals surface area (Å²) in [6, 6.07) is 6.84. The highest BCUT2D eigenvalue weighted by atomic mass is 16.4. The van der Waals surface area contributed by atoms with Gasteiger partial charge in [-0.15, -0.1) is 10.2 Å². The van der Waals surface area contributed by atoms with E-state index in [2.05, 4.69) is 15.5 Å². The predicted octanol–water partition coefficient (Wildman–Crippen LogP) is 2.03. The van der Waals surface area contributed by atoms with Crippen LogP contribution in [0.4, 0.5) is 5.69 Å². The molecule has 0 spiro atoms. The summed E-state index contributed by atoms with van der Waals surface area (Å²) < 4.78 is 5.06. The Morgan fingerprint density at radius 3 is 2.38 bits per heavy atom. The fourth-order valence-corrected chi connectivity index (χ4v) is 1.69. The molecule has 0 aliphatic rings. The lowest BCUT2D eigenvalue weighted by atomic mass is 9.95. The molecule has 2 aromatic rings. The Bertz CT molecular complexity index is 622. The lowest BCUT2D eigenvalue weighted by Gasteiger charge is -2.15. The fraction of sp³-hybridized carbons (Fsp3) is 0.286. The van der Waals surface area contributed by atoms with Crippen molar-refractivity contribution < 1.29 is 19.1 Å². The van der Waals surface area contributed by atoms with E-state index in [0.717, 1.165) is 5.56 Å². The maximum atomic E-state index is 12.0. The van der Waals surface area contributed by atoms with Gasteiger partial charge in [-0.05, 0) is 24.3 Å². The van der Waals surface area contributed by atoms with E-state index in [9.17, 15) is 9.59 Å². The van der Waals surface area contributed by atoms with Crippen LogP contribution in [-0.2, 0) is 9.59 Å². The molecule has 2 atom stereocenters. The monoisotopic (exact) mass is 289 g/mol. The van der Waals surface area contributed by atoms with E-state index in [0.29, 0.717) is 11.6 Å². The van der Waals surface area contributed by atoms with Crippen LogP contribution in [0.25, 0.3) is 11.5 Å². The summed E-state index contributed by atoms with van der Waals surface area (Å²) >= 11 is 0. The number of hydrogen-bond acceptors (Lipinski definition) is 5. The normalized spacial score (nSPS) is 13.4. The molecule has 0 aliphatic carbocycles. The van der Waals surface area contributed by atoms with Crippen molar-refractivity contribution in [2.75, 3.05) is 5.32 Å². The molecule has 0 fully saturated rings. The van der Waals surface area contributed by atoms with E-state index in [4.69, 9.17) is 9.52 Å². The van der Waals surface area contributed by atoms with Gasteiger partial charge < -0.3 is 14.8 Å². The van der Waals surface area contributed by atoms with Crippen molar-refractivity contribution in [2.24, 2.45) is 11.8 Å². The van der Waals surface area contributed by atoms with Gasteiger partial charge in [0.05, 0.1) is 5.92 Å². The largest absolute Gasteiger partial charge is 0.481 e. The van der Waals surface area contributed by atoms with Gasteiger partial charge >= 0.3 is 5.97 Å². The van der Waals surface area contributed by atoms with Crippen molar-refractivity contribution in [3.05, 3.63) is 30.7 Å². The number of benzene rings is 1. The molecule has 2 unspecified atom stereocenters. The molecular weight excluding hydrogens is 274 g/mol. The number of hydrogen-bond donors (Lipinski definition) is 2. The summed E-state index contributed by atoms with van der Waals surface area (Å²) in [5.41, 5.74) is 1.31. The van der Waals surface area contributed by atoms with Crippen molar-refractivity contribution in [2.45, 2.75) is 13.8 Å². The van der Waals surface area contributed by atoms with E-state index >= 15 is 0 Å². The first-order valence-electron chi connectivity index (χ1n) is 6.39. The minimum Gasteiger partial charge on any atom is -0.481 e. The Balaban J connectivity index is 2.03. The number of carbonyl (C=O) groups is 2. The highest BCUT2D eigenvalue weighted by Crippen LogP contribution is 2.20. The number of carboxylic acid groups (broad SMARTS) is 1. The topological polar surface area (TPSA) is 105 Å². The summed E-state index contributed by atoms with van der Waals surface area (Å²) in [5.74, 6) is -2.32. The van der Waals surface area contributed by atoms with Crippen LogP contribution < -0.4 is 5.32 Å². The number of amides is 1. The molecule has 110 valence electrons. The minimum absolute atomic E-state index is 0.338. The lowest BCUT2D eigenvalue weighted by Crippen LogP contribution is -2.29. The van der Waals surface area contributed by atoms with Crippen molar-refractivity contribution in [3.8, 4) is 11.5 Å². The van der Waals surface area contributed by atoms with Crippen LogP contribution in [-0.4, -0.2) is 27.2 Å². The van der Waals surface area contributed by atoms with Crippen LogP contribution in [0.3, 0.4) is 0 Å². The van der Waals surface area contributed by atoms with Crippen molar-refractivity contribution >= 4 is 17.6 Å². The number of carboxylic acids is 1. The smallest absolute Gasteiger partial charge is 0.307 e. The molecule has 1 aromatic carbocycles. The maximum absolute atomic E-state index is 12.0. The fourth-order valence-electron chi connectivity index (χ4n) is 1.69. The second kappa shape index (κ2) is 6.17. The number of carbonyl (C=O) groups excluding carboxylic acids is 1. The SMILES string of the molecule is CC(C(=O)O)C(C)C(=O)Nc1ccc(-c2nnco2)cc1. The zero-order valence-corrected chi connectivity index (χ0v) is 11.6. The molecule has 0 saturated heterocycles. The molecule has 21 heavy (non-hydrogen) atoms. The number of nitrogens with one attached hydrogen (secondary N) is 1. The van der Waals surface area contributed by atoms with Gasteiger partial charge in [0.1, 0.15) is 0 Å². The zero-order chi connectivity index (χ0) is 15.4. The van der Waals surface area contributed by atoms with Crippen LogP contribution >= 0.6 is 0 Å². The molecule has 0 saturated carbocycles. The molecule has 0 aliphatic heterocycles. The molecule has 2 N–H and O–H groups in total. The molecule has 7 heteroatoms. The van der Waals surface area contributed by atoms with Gasteiger partial charge in [0.15, 0.2) is 0 Å². The summed E-state index contributed by atoms with van der Waals surface area (Å²) in [6.45, 7) is 3.09. The second-order valence-electron chi connectivity index (χ2n) is 4.73. The van der Waals surface area contributed by atoms with Gasteiger partial charge in [0.2, 0.25) is 18.2 Å². The Kier molecular flexibility index (Phi) is 4.32. The summed E-state index contributed by atoms with van der Waals surface area (Å²) in [6.07, 6.45) is 1.24. The van der Waals surface area contributed by atoms with Crippen LogP contribution in [0.15, 0.2) is 35.1 Å². The lowest BCUT2D eigenvalue weighted by molar-refractivity contribution is -0.145. The highest BCUT2D eigenvalue weighted by molar-refractivity contribution is 5.94. The van der Waals surface area contributed by atoms with E-state index < -0.39 is 17.8 Å². The summed E-state index contributed by atoms with van der Waals surface area (Å²) in [5, 5.41) is 19.0.